The first kappa shape index (κ1) is 21.5. The van der Waals surface area contributed by atoms with Crippen molar-refractivity contribution < 1.29 is 22.6 Å². The molecule has 1 heterocycles. The summed E-state index contributed by atoms with van der Waals surface area (Å²) in [4.78, 5) is 0. The molecule has 4 rings (SSSR count). The standard InChI is InChI=1S/C25H21F3N2O2/c1-31-21-10-6-18(7-11-21)23-15-24(19-8-12-22(32-2)13-9-19)30(29-23)16-17-4-3-5-20(14-17)25(26,27)28/h3-15H,16H2,1-2H3. The number of hydrogen-bond acceptors (Lipinski definition) is 3. The maximum atomic E-state index is 13.2. The number of rotatable bonds is 6. The molecule has 4 aromatic rings. The second-order valence-corrected chi connectivity index (χ2v) is 7.23. The Bertz CT molecular complexity index is 1200. The Morgan fingerprint density at radius 1 is 0.781 bits per heavy atom. The van der Waals surface area contributed by atoms with Crippen LogP contribution in [0.5, 0.6) is 11.5 Å². The average Bonchev–Trinajstić information content (AvgIpc) is 3.22. The minimum absolute atomic E-state index is 0.196. The molecule has 0 atom stereocenters. The summed E-state index contributed by atoms with van der Waals surface area (Å²) in [5, 5.41) is 4.71. The Labute approximate surface area is 183 Å². The van der Waals surface area contributed by atoms with Crippen molar-refractivity contribution in [2.75, 3.05) is 14.2 Å². The molecule has 0 fully saturated rings. The molecular formula is C25H21F3N2O2. The van der Waals surface area contributed by atoms with Gasteiger partial charge in [0.2, 0.25) is 0 Å². The third-order valence-electron chi connectivity index (χ3n) is 5.14. The molecule has 0 amide bonds. The number of benzene rings is 3. The smallest absolute Gasteiger partial charge is 0.416 e. The Balaban J connectivity index is 1.76. The van der Waals surface area contributed by atoms with E-state index in [1.807, 2.05) is 54.6 Å². The zero-order chi connectivity index (χ0) is 22.7. The number of halogens is 3. The number of nitrogens with zero attached hydrogens (tertiary/aromatic N) is 2. The molecule has 0 N–H and O–H groups in total. The van der Waals surface area contributed by atoms with Crippen molar-refractivity contribution in [3.05, 3.63) is 90.0 Å². The fourth-order valence-corrected chi connectivity index (χ4v) is 3.45. The summed E-state index contributed by atoms with van der Waals surface area (Å²) in [6, 6.07) is 22.2. The molecule has 0 saturated carbocycles. The van der Waals surface area contributed by atoms with E-state index in [0.717, 1.165) is 34.7 Å². The third kappa shape index (κ3) is 4.61. The summed E-state index contributed by atoms with van der Waals surface area (Å²) in [7, 11) is 3.19. The van der Waals surface area contributed by atoms with Gasteiger partial charge in [0, 0.05) is 11.1 Å². The zero-order valence-electron chi connectivity index (χ0n) is 17.6. The summed E-state index contributed by atoms with van der Waals surface area (Å²) in [6.07, 6.45) is -4.40. The lowest BCUT2D eigenvalue weighted by Gasteiger charge is -2.11. The molecule has 1 aromatic heterocycles. The van der Waals surface area contributed by atoms with Crippen LogP contribution in [-0.2, 0) is 12.7 Å². The third-order valence-corrected chi connectivity index (χ3v) is 5.14. The van der Waals surface area contributed by atoms with Crippen LogP contribution in [0, 0.1) is 0 Å². The van der Waals surface area contributed by atoms with Crippen LogP contribution >= 0.6 is 0 Å². The highest BCUT2D eigenvalue weighted by molar-refractivity contribution is 5.69. The molecule has 0 radical (unpaired) electrons. The highest BCUT2D eigenvalue weighted by Crippen LogP contribution is 2.32. The van der Waals surface area contributed by atoms with Crippen molar-refractivity contribution in [1.29, 1.82) is 0 Å². The largest absolute Gasteiger partial charge is 0.497 e. The normalized spacial score (nSPS) is 11.4. The molecule has 32 heavy (non-hydrogen) atoms. The molecule has 0 aliphatic heterocycles. The van der Waals surface area contributed by atoms with Crippen LogP contribution in [0.15, 0.2) is 78.9 Å². The van der Waals surface area contributed by atoms with E-state index in [4.69, 9.17) is 14.6 Å². The molecule has 7 heteroatoms. The Morgan fingerprint density at radius 3 is 1.94 bits per heavy atom. The molecule has 0 unspecified atom stereocenters. The van der Waals surface area contributed by atoms with Crippen LogP contribution in [0.4, 0.5) is 13.2 Å². The lowest BCUT2D eigenvalue weighted by Crippen LogP contribution is -2.08. The van der Waals surface area contributed by atoms with Crippen LogP contribution in [-0.4, -0.2) is 24.0 Å². The summed E-state index contributed by atoms with van der Waals surface area (Å²) >= 11 is 0. The number of ether oxygens (including phenoxy) is 2. The minimum Gasteiger partial charge on any atom is -0.497 e. The van der Waals surface area contributed by atoms with E-state index in [9.17, 15) is 13.2 Å². The average molecular weight is 438 g/mol. The van der Waals surface area contributed by atoms with Gasteiger partial charge in [-0.15, -0.1) is 0 Å². The van der Waals surface area contributed by atoms with Crippen LogP contribution in [0.25, 0.3) is 22.5 Å². The Kier molecular flexibility index (Phi) is 5.90. The fourth-order valence-electron chi connectivity index (χ4n) is 3.45. The quantitative estimate of drug-likeness (QED) is 0.354. The van der Waals surface area contributed by atoms with E-state index < -0.39 is 11.7 Å². The number of hydrogen-bond donors (Lipinski definition) is 0. The van der Waals surface area contributed by atoms with Crippen molar-refractivity contribution in [1.82, 2.24) is 9.78 Å². The molecule has 4 nitrogen and oxygen atoms in total. The second kappa shape index (κ2) is 8.78. The molecule has 0 aliphatic carbocycles. The van der Waals surface area contributed by atoms with Gasteiger partial charge < -0.3 is 9.47 Å². The van der Waals surface area contributed by atoms with Crippen molar-refractivity contribution in [3.8, 4) is 34.0 Å². The van der Waals surface area contributed by atoms with E-state index in [2.05, 4.69) is 0 Å². The topological polar surface area (TPSA) is 36.3 Å². The fraction of sp³-hybridized carbons (Fsp3) is 0.160. The van der Waals surface area contributed by atoms with Gasteiger partial charge in [-0.05, 0) is 72.3 Å². The van der Waals surface area contributed by atoms with Crippen molar-refractivity contribution in [3.63, 3.8) is 0 Å². The first-order chi connectivity index (χ1) is 15.4. The van der Waals surface area contributed by atoms with Crippen LogP contribution < -0.4 is 9.47 Å². The highest BCUT2D eigenvalue weighted by atomic mass is 19.4. The van der Waals surface area contributed by atoms with Crippen molar-refractivity contribution in [2.24, 2.45) is 0 Å². The van der Waals surface area contributed by atoms with E-state index in [0.29, 0.717) is 17.0 Å². The summed E-state index contributed by atoms with van der Waals surface area (Å²) < 4.78 is 51.7. The molecular weight excluding hydrogens is 417 g/mol. The van der Waals surface area contributed by atoms with Gasteiger partial charge in [0.05, 0.1) is 37.7 Å². The predicted molar refractivity (Wildman–Crippen MR) is 117 cm³/mol. The van der Waals surface area contributed by atoms with E-state index in [1.165, 1.54) is 6.07 Å². The maximum Gasteiger partial charge on any atom is 0.416 e. The molecule has 0 saturated heterocycles. The number of methoxy groups -OCH3 is 2. The first-order valence-electron chi connectivity index (χ1n) is 9.90. The summed E-state index contributed by atoms with van der Waals surface area (Å²) in [5.41, 5.74) is 3.09. The lowest BCUT2D eigenvalue weighted by molar-refractivity contribution is -0.137. The summed E-state index contributed by atoms with van der Waals surface area (Å²) in [6.45, 7) is 0.196. The van der Waals surface area contributed by atoms with E-state index in [-0.39, 0.29) is 6.54 Å². The first-order valence-corrected chi connectivity index (χ1v) is 9.90. The van der Waals surface area contributed by atoms with Gasteiger partial charge >= 0.3 is 6.18 Å². The zero-order valence-corrected chi connectivity index (χ0v) is 17.6. The minimum atomic E-state index is -4.40. The SMILES string of the molecule is COc1ccc(-c2cc(-c3ccc(OC)cc3)n(Cc3cccc(C(F)(F)F)c3)n2)cc1. The highest BCUT2D eigenvalue weighted by Gasteiger charge is 2.30. The monoisotopic (exact) mass is 438 g/mol. The Hall–Kier alpha value is -3.74. The Morgan fingerprint density at radius 2 is 1.38 bits per heavy atom. The molecule has 0 spiro atoms. The predicted octanol–water partition coefficient (Wildman–Crippen LogP) is 6.30. The van der Waals surface area contributed by atoms with Gasteiger partial charge in [0.1, 0.15) is 11.5 Å². The van der Waals surface area contributed by atoms with Crippen molar-refractivity contribution in [2.45, 2.75) is 12.7 Å². The summed E-state index contributed by atoms with van der Waals surface area (Å²) in [5.74, 6) is 1.44. The van der Waals surface area contributed by atoms with Gasteiger partial charge in [-0.2, -0.15) is 18.3 Å². The number of alkyl halides is 3. The van der Waals surface area contributed by atoms with Gasteiger partial charge in [-0.3, -0.25) is 4.68 Å². The van der Waals surface area contributed by atoms with Gasteiger partial charge in [0.25, 0.3) is 0 Å². The molecule has 0 aliphatic rings. The second-order valence-electron chi connectivity index (χ2n) is 7.23. The molecule has 3 aromatic carbocycles. The van der Waals surface area contributed by atoms with Crippen LogP contribution in [0.2, 0.25) is 0 Å². The van der Waals surface area contributed by atoms with Crippen LogP contribution in [0.1, 0.15) is 11.1 Å². The van der Waals surface area contributed by atoms with Gasteiger partial charge in [-0.1, -0.05) is 12.1 Å². The van der Waals surface area contributed by atoms with Crippen LogP contribution in [0.3, 0.4) is 0 Å². The lowest BCUT2D eigenvalue weighted by atomic mass is 10.1. The maximum absolute atomic E-state index is 13.2. The van der Waals surface area contributed by atoms with E-state index in [1.54, 1.807) is 25.0 Å². The van der Waals surface area contributed by atoms with E-state index >= 15 is 0 Å². The number of aromatic nitrogens is 2. The molecule has 0 bridgehead atoms. The molecule has 164 valence electrons. The van der Waals surface area contributed by atoms with Gasteiger partial charge in [-0.25, -0.2) is 0 Å². The van der Waals surface area contributed by atoms with Crippen molar-refractivity contribution >= 4 is 0 Å². The van der Waals surface area contributed by atoms with Gasteiger partial charge in [0.15, 0.2) is 0 Å².